The molecule has 4 nitrogen and oxygen atoms in total. The minimum Gasteiger partial charge on any atom is -0.303 e. The molecule has 1 saturated heterocycles. The molecular weight excluding hydrogens is 322 g/mol. The number of sulfonamides is 1. The summed E-state index contributed by atoms with van der Waals surface area (Å²) in [6, 6.07) is 16.8. The predicted molar refractivity (Wildman–Crippen MR) is 91.1 cm³/mol. The predicted octanol–water partition coefficient (Wildman–Crippen LogP) is 2.60. The van der Waals surface area contributed by atoms with E-state index in [0.717, 1.165) is 17.4 Å². The quantitative estimate of drug-likeness (QED) is 0.803. The molecule has 0 bridgehead atoms. The molecule has 2 aliphatic rings. The number of carbonyl (C=O) groups is 1. The van der Waals surface area contributed by atoms with Crippen molar-refractivity contribution < 1.29 is 13.2 Å². The first kappa shape index (κ1) is 15.5. The zero-order chi connectivity index (χ0) is 16.9. The molecule has 1 saturated carbocycles. The number of nitrogens with zero attached hydrogens (tertiary/aromatic N) is 1. The minimum atomic E-state index is -3.54. The van der Waals surface area contributed by atoms with Gasteiger partial charge in [0.15, 0.2) is 0 Å². The maximum Gasteiger partial charge on any atom is 0.243 e. The summed E-state index contributed by atoms with van der Waals surface area (Å²) < 4.78 is 27.1. The second kappa shape index (κ2) is 5.26. The summed E-state index contributed by atoms with van der Waals surface area (Å²) in [4.78, 5) is 12.1. The molecule has 124 valence electrons. The van der Waals surface area contributed by atoms with Crippen molar-refractivity contribution >= 4 is 16.3 Å². The molecule has 2 fully saturated rings. The van der Waals surface area contributed by atoms with Gasteiger partial charge in [0, 0.05) is 19.0 Å². The van der Waals surface area contributed by atoms with Gasteiger partial charge in [-0.3, -0.25) is 0 Å². The van der Waals surface area contributed by atoms with Crippen molar-refractivity contribution in [3.63, 3.8) is 0 Å². The SMILES string of the molecule is Cc1ccc(S(=O)(=O)N2CC3C(c4ccccc4)C3(C=O)C2)cc1. The summed E-state index contributed by atoms with van der Waals surface area (Å²) in [5, 5.41) is 0. The van der Waals surface area contributed by atoms with Crippen LogP contribution in [0.3, 0.4) is 0 Å². The third kappa shape index (κ3) is 2.15. The Bertz CT molecular complexity index is 877. The van der Waals surface area contributed by atoms with Crippen LogP contribution in [0, 0.1) is 18.3 Å². The average Bonchev–Trinajstić information content (AvgIpc) is 3.04. The molecule has 0 amide bonds. The van der Waals surface area contributed by atoms with Gasteiger partial charge in [-0.05, 0) is 30.5 Å². The van der Waals surface area contributed by atoms with E-state index in [1.165, 1.54) is 4.31 Å². The van der Waals surface area contributed by atoms with E-state index in [1.807, 2.05) is 37.3 Å². The van der Waals surface area contributed by atoms with Gasteiger partial charge in [-0.2, -0.15) is 4.31 Å². The highest BCUT2D eigenvalue weighted by Crippen LogP contribution is 2.67. The summed E-state index contributed by atoms with van der Waals surface area (Å²) >= 11 is 0. The first-order valence-electron chi connectivity index (χ1n) is 8.07. The van der Waals surface area contributed by atoms with Crippen LogP contribution in [-0.4, -0.2) is 32.1 Å². The maximum atomic E-state index is 12.8. The standard InChI is InChI=1S/C19H19NO3S/c1-14-7-9-16(10-8-14)24(22,23)20-11-17-18(19(17,12-20)13-21)15-5-3-2-4-6-15/h2-10,13,17-18H,11-12H2,1H3. The molecular formula is C19H19NO3S. The monoisotopic (exact) mass is 341 g/mol. The second-order valence-electron chi connectivity index (χ2n) is 6.84. The van der Waals surface area contributed by atoms with Gasteiger partial charge < -0.3 is 4.79 Å². The van der Waals surface area contributed by atoms with E-state index in [9.17, 15) is 13.2 Å². The third-order valence-electron chi connectivity index (χ3n) is 5.45. The summed E-state index contributed by atoms with van der Waals surface area (Å²) in [5.41, 5.74) is 1.59. The molecule has 24 heavy (non-hydrogen) atoms. The lowest BCUT2D eigenvalue weighted by Gasteiger charge is -2.21. The molecule has 0 radical (unpaired) electrons. The Morgan fingerprint density at radius 2 is 1.75 bits per heavy atom. The zero-order valence-electron chi connectivity index (χ0n) is 13.4. The maximum absolute atomic E-state index is 12.8. The van der Waals surface area contributed by atoms with Crippen molar-refractivity contribution in [3.8, 4) is 0 Å². The van der Waals surface area contributed by atoms with Crippen molar-refractivity contribution in [2.75, 3.05) is 13.1 Å². The molecule has 0 spiro atoms. The number of fused-ring (bicyclic) bond motifs is 1. The Morgan fingerprint density at radius 1 is 1.08 bits per heavy atom. The summed E-state index contributed by atoms with van der Waals surface area (Å²) in [6.45, 7) is 2.61. The Labute approximate surface area is 142 Å². The lowest BCUT2D eigenvalue weighted by atomic mass is 10.0. The first-order valence-corrected chi connectivity index (χ1v) is 9.51. The molecule has 3 unspecified atom stereocenters. The number of aryl methyl sites for hydroxylation is 1. The van der Waals surface area contributed by atoms with E-state index < -0.39 is 15.4 Å². The summed E-state index contributed by atoms with van der Waals surface area (Å²) in [7, 11) is -3.54. The molecule has 5 heteroatoms. The van der Waals surface area contributed by atoms with E-state index in [0.29, 0.717) is 11.4 Å². The molecule has 3 atom stereocenters. The largest absolute Gasteiger partial charge is 0.303 e. The van der Waals surface area contributed by atoms with Crippen LogP contribution in [0.25, 0.3) is 0 Å². The van der Waals surface area contributed by atoms with Crippen molar-refractivity contribution in [1.29, 1.82) is 0 Å². The van der Waals surface area contributed by atoms with Gasteiger partial charge in [-0.25, -0.2) is 8.42 Å². The lowest BCUT2D eigenvalue weighted by molar-refractivity contribution is -0.112. The van der Waals surface area contributed by atoms with E-state index in [4.69, 9.17) is 0 Å². The van der Waals surface area contributed by atoms with Crippen molar-refractivity contribution in [1.82, 2.24) is 4.31 Å². The van der Waals surface area contributed by atoms with Crippen LogP contribution in [0.15, 0.2) is 59.5 Å². The fraction of sp³-hybridized carbons (Fsp3) is 0.316. The summed E-state index contributed by atoms with van der Waals surface area (Å²) in [6.07, 6.45) is 0.972. The summed E-state index contributed by atoms with van der Waals surface area (Å²) in [5.74, 6) is 0.221. The smallest absolute Gasteiger partial charge is 0.243 e. The van der Waals surface area contributed by atoms with Gasteiger partial charge in [0.05, 0.1) is 10.3 Å². The van der Waals surface area contributed by atoms with Crippen LogP contribution in [0.1, 0.15) is 17.0 Å². The molecule has 0 N–H and O–H groups in total. The van der Waals surface area contributed by atoms with E-state index in [2.05, 4.69) is 0 Å². The van der Waals surface area contributed by atoms with E-state index in [-0.39, 0.29) is 18.4 Å². The number of rotatable bonds is 4. The number of aldehydes is 1. The molecule has 4 rings (SSSR count). The average molecular weight is 341 g/mol. The zero-order valence-corrected chi connectivity index (χ0v) is 14.2. The highest BCUT2D eigenvalue weighted by Gasteiger charge is 2.70. The third-order valence-corrected chi connectivity index (χ3v) is 7.28. The Morgan fingerprint density at radius 3 is 2.33 bits per heavy atom. The van der Waals surface area contributed by atoms with Gasteiger partial charge >= 0.3 is 0 Å². The molecule has 1 aliphatic carbocycles. The highest BCUT2D eigenvalue weighted by atomic mass is 32.2. The number of benzene rings is 2. The fourth-order valence-electron chi connectivity index (χ4n) is 4.06. The minimum absolute atomic E-state index is 0.0811. The van der Waals surface area contributed by atoms with E-state index >= 15 is 0 Å². The molecule has 2 aromatic carbocycles. The number of hydrogen-bond acceptors (Lipinski definition) is 3. The van der Waals surface area contributed by atoms with Crippen molar-refractivity contribution in [2.45, 2.75) is 17.7 Å². The fourth-order valence-corrected chi connectivity index (χ4v) is 5.59. The molecule has 1 aliphatic heterocycles. The van der Waals surface area contributed by atoms with Crippen LogP contribution in [0.5, 0.6) is 0 Å². The van der Waals surface area contributed by atoms with Crippen LogP contribution < -0.4 is 0 Å². The van der Waals surface area contributed by atoms with Crippen LogP contribution in [0.2, 0.25) is 0 Å². The number of hydrogen-bond donors (Lipinski definition) is 0. The Balaban J connectivity index is 1.60. The Hall–Kier alpha value is -1.98. The van der Waals surface area contributed by atoms with Gasteiger partial charge in [-0.1, -0.05) is 48.0 Å². The van der Waals surface area contributed by atoms with Gasteiger partial charge in [-0.15, -0.1) is 0 Å². The molecule has 0 aromatic heterocycles. The first-order chi connectivity index (χ1) is 11.5. The highest BCUT2D eigenvalue weighted by molar-refractivity contribution is 7.89. The molecule has 2 aromatic rings. The van der Waals surface area contributed by atoms with Crippen LogP contribution >= 0.6 is 0 Å². The molecule has 1 heterocycles. The van der Waals surface area contributed by atoms with Crippen LogP contribution in [0.4, 0.5) is 0 Å². The normalized spacial score (nSPS) is 29.2. The lowest BCUT2D eigenvalue weighted by Crippen LogP contribution is -2.33. The Kier molecular flexibility index (Phi) is 3.41. The van der Waals surface area contributed by atoms with Gasteiger partial charge in [0.2, 0.25) is 10.0 Å². The van der Waals surface area contributed by atoms with Crippen LogP contribution in [-0.2, 0) is 14.8 Å². The topological polar surface area (TPSA) is 54.5 Å². The second-order valence-corrected chi connectivity index (χ2v) is 8.77. The van der Waals surface area contributed by atoms with Crippen molar-refractivity contribution in [3.05, 3.63) is 65.7 Å². The van der Waals surface area contributed by atoms with Crippen molar-refractivity contribution in [2.24, 2.45) is 11.3 Å². The number of carbonyl (C=O) groups excluding carboxylic acids is 1. The number of piperidine rings is 1. The van der Waals surface area contributed by atoms with E-state index in [1.54, 1.807) is 24.3 Å². The van der Waals surface area contributed by atoms with Gasteiger partial charge in [0.1, 0.15) is 6.29 Å². The van der Waals surface area contributed by atoms with Gasteiger partial charge in [0.25, 0.3) is 0 Å².